The molecule has 39 heavy (non-hydrogen) atoms. The Morgan fingerprint density at radius 3 is 2.74 bits per heavy atom. The Bertz CT molecular complexity index is 1340. The summed E-state index contributed by atoms with van der Waals surface area (Å²) in [5.41, 5.74) is 1.69. The molecule has 11 heteroatoms. The van der Waals surface area contributed by atoms with E-state index in [0.717, 1.165) is 18.4 Å². The van der Waals surface area contributed by atoms with Crippen LogP contribution >= 0.6 is 11.6 Å². The first-order chi connectivity index (χ1) is 18.5. The zero-order valence-corrected chi connectivity index (χ0v) is 23.4. The molecule has 0 unspecified atom stereocenters. The number of aryl methyl sites for hydroxylation is 1. The molecule has 0 spiro atoms. The second-order valence-corrected chi connectivity index (χ2v) is 11.0. The van der Waals surface area contributed by atoms with Crippen molar-refractivity contribution < 1.29 is 18.7 Å². The number of rotatable bonds is 8. The topological polar surface area (TPSA) is 101 Å². The zero-order chi connectivity index (χ0) is 28.2. The summed E-state index contributed by atoms with van der Waals surface area (Å²) < 4.78 is 20.8. The van der Waals surface area contributed by atoms with Crippen molar-refractivity contribution in [1.29, 1.82) is 0 Å². The second-order valence-electron chi connectivity index (χ2n) is 10.6. The van der Waals surface area contributed by atoms with Gasteiger partial charge in [-0.2, -0.15) is 5.10 Å². The number of hydrogen-bond acceptors (Lipinski definition) is 6. The molecule has 3 heterocycles. The van der Waals surface area contributed by atoms with E-state index in [4.69, 9.17) is 16.3 Å². The summed E-state index contributed by atoms with van der Waals surface area (Å²) in [6, 6.07) is 7.78. The van der Waals surface area contributed by atoms with Gasteiger partial charge in [-0.05, 0) is 63.8 Å². The molecule has 0 bridgehead atoms. The lowest BCUT2D eigenvalue weighted by atomic mass is 10.1. The number of likely N-dealkylation sites (tertiary alicyclic amines) is 1. The fourth-order valence-electron chi connectivity index (χ4n) is 4.47. The van der Waals surface area contributed by atoms with Crippen LogP contribution in [0.1, 0.15) is 49.5 Å². The summed E-state index contributed by atoms with van der Waals surface area (Å²) in [6.07, 6.45) is 5.17. The monoisotopic (exact) mass is 556 g/mol. The van der Waals surface area contributed by atoms with Crippen molar-refractivity contribution >= 4 is 29.4 Å². The standard InChI is InChI=1S/C28H34ClFN6O3/c1-28(2,3)39-27(38)36-12-6-9-21(36)16-32-26(37)22-14-23(29)24(19-15-33-35(4)17-19)34-25(22)31-11-10-18-7-5-8-20(30)13-18/h5,7-8,13-15,17,21H,6,9-12,16H2,1-4H3,(H,31,34)(H,32,37)/t21-/m1/s1. The van der Waals surface area contributed by atoms with E-state index in [0.29, 0.717) is 41.6 Å². The predicted octanol–water partition coefficient (Wildman–Crippen LogP) is 5.06. The molecular weight excluding hydrogens is 523 g/mol. The van der Waals surface area contributed by atoms with Gasteiger partial charge in [-0.15, -0.1) is 0 Å². The lowest BCUT2D eigenvalue weighted by Gasteiger charge is -2.28. The Morgan fingerprint density at radius 1 is 1.26 bits per heavy atom. The summed E-state index contributed by atoms with van der Waals surface area (Å²) >= 11 is 6.57. The Kier molecular flexibility index (Phi) is 8.74. The van der Waals surface area contributed by atoms with Gasteiger partial charge >= 0.3 is 6.09 Å². The van der Waals surface area contributed by atoms with Crippen molar-refractivity contribution in [2.75, 3.05) is 25.0 Å². The Hall–Kier alpha value is -3.66. The smallest absolute Gasteiger partial charge is 0.410 e. The van der Waals surface area contributed by atoms with Gasteiger partial charge in [0.05, 0.1) is 28.5 Å². The van der Waals surface area contributed by atoms with Crippen molar-refractivity contribution in [3.8, 4) is 11.3 Å². The van der Waals surface area contributed by atoms with Gasteiger partial charge in [0, 0.05) is 38.4 Å². The Morgan fingerprint density at radius 2 is 2.05 bits per heavy atom. The highest BCUT2D eigenvalue weighted by Crippen LogP contribution is 2.30. The fraction of sp³-hybridized carbons (Fsp3) is 0.429. The van der Waals surface area contributed by atoms with Crippen LogP contribution in [-0.2, 0) is 18.2 Å². The van der Waals surface area contributed by atoms with Crippen molar-refractivity contribution in [3.63, 3.8) is 0 Å². The van der Waals surface area contributed by atoms with Gasteiger partial charge in [0.2, 0.25) is 0 Å². The van der Waals surface area contributed by atoms with E-state index in [1.165, 1.54) is 12.1 Å². The quantitative estimate of drug-likeness (QED) is 0.402. The number of benzene rings is 1. The Labute approximate surface area is 232 Å². The van der Waals surface area contributed by atoms with Crippen LogP contribution in [0.15, 0.2) is 42.7 Å². The molecule has 9 nitrogen and oxygen atoms in total. The van der Waals surface area contributed by atoms with Gasteiger partial charge in [0.25, 0.3) is 5.91 Å². The summed E-state index contributed by atoms with van der Waals surface area (Å²) in [5.74, 6) is -0.322. The second kappa shape index (κ2) is 12.0. The first-order valence-electron chi connectivity index (χ1n) is 13.0. The molecule has 0 radical (unpaired) electrons. The van der Waals surface area contributed by atoms with E-state index in [9.17, 15) is 14.0 Å². The number of nitrogens with zero attached hydrogens (tertiary/aromatic N) is 4. The third-order valence-corrected chi connectivity index (χ3v) is 6.59. The molecule has 1 aliphatic heterocycles. The number of aromatic nitrogens is 3. The number of hydrogen-bond donors (Lipinski definition) is 2. The van der Waals surface area contributed by atoms with Crippen LogP contribution in [0, 0.1) is 5.82 Å². The van der Waals surface area contributed by atoms with E-state index in [1.54, 1.807) is 41.2 Å². The van der Waals surface area contributed by atoms with Crippen molar-refractivity contribution in [2.45, 2.75) is 51.7 Å². The van der Waals surface area contributed by atoms with Crippen molar-refractivity contribution in [2.24, 2.45) is 7.05 Å². The number of pyridine rings is 1. The van der Waals surface area contributed by atoms with E-state index in [-0.39, 0.29) is 36.0 Å². The first kappa shape index (κ1) is 28.4. The molecule has 1 fully saturated rings. The van der Waals surface area contributed by atoms with Crippen LogP contribution in [0.2, 0.25) is 5.02 Å². The van der Waals surface area contributed by atoms with Crippen LogP contribution < -0.4 is 10.6 Å². The molecule has 1 atom stereocenters. The highest BCUT2D eigenvalue weighted by molar-refractivity contribution is 6.33. The van der Waals surface area contributed by atoms with E-state index >= 15 is 0 Å². The van der Waals surface area contributed by atoms with E-state index < -0.39 is 5.60 Å². The fourth-order valence-corrected chi connectivity index (χ4v) is 4.74. The number of halogens is 2. The molecule has 4 rings (SSSR count). The van der Waals surface area contributed by atoms with Crippen LogP contribution in [0.3, 0.4) is 0 Å². The molecule has 2 N–H and O–H groups in total. The van der Waals surface area contributed by atoms with Gasteiger partial charge < -0.3 is 20.3 Å². The molecular formula is C28H34ClFN6O3. The van der Waals surface area contributed by atoms with Crippen molar-refractivity contribution in [1.82, 2.24) is 25.0 Å². The van der Waals surface area contributed by atoms with Crippen LogP contribution in [0.4, 0.5) is 15.0 Å². The van der Waals surface area contributed by atoms with Crippen LogP contribution in [0.5, 0.6) is 0 Å². The molecule has 3 aromatic rings. The number of carbonyl (C=O) groups excluding carboxylic acids is 2. The Balaban J connectivity index is 1.51. The predicted molar refractivity (Wildman–Crippen MR) is 148 cm³/mol. The largest absolute Gasteiger partial charge is 0.444 e. The number of ether oxygens (including phenoxy) is 1. The third-order valence-electron chi connectivity index (χ3n) is 6.30. The minimum absolute atomic E-state index is 0.175. The van der Waals surface area contributed by atoms with Gasteiger partial charge in [-0.1, -0.05) is 23.7 Å². The average Bonchev–Trinajstić information content (AvgIpc) is 3.51. The summed E-state index contributed by atoms with van der Waals surface area (Å²) in [4.78, 5) is 32.3. The minimum Gasteiger partial charge on any atom is -0.444 e. The number of nitrogens with one attached hydrogen (secondary N) is 2. The first-order valence-corrected chi connectivity index (χ1v) is 13.3. The highest BCUT2D eigenvalue weighted by Gasteiger charge is 2.32. The normalized spacial score (nSPS) is 15.3. The minimum atomic E-state index is -0.599. The van der Waals surface area contributed by atoms with E-state index in [2.05, 4.69) is 20.7 Å². The SMILES string of the molecule is Cn1cc(-c2nc(NCCc3cccc(F)c3)c(C(=O)NC[C@H]3CCCN3C(=O)OC(C)(C)C)cc2Cl)cn1. The number of amides is 2. The number of anilines is 1. The molecule has 1 aromatic carbocycles. The lowest BCUT2D eigenvalue weighted by molar-refractivity contribution is 0.0225. The van der Waals surface area contributed by atoms with Gasteiger partial charge in [0.15, 0.2) is 0 Å². The summed E-state index contributed by atoms with van der Waals surface area (Å²) in [5, 5.41) is 10.7. The van der Waals surface area contributed by atoms with Crippen LogP contribution in [-0.4, -0.2) is 62.9 Å². The van der Waals surface area contributed by atoms with Gasteiger partial charge in [-0.3, -0.25) is 9.48 Å². The average molecular weight is 557 g/mol. The third kappa shape index (κ3) is 7.47. The molecule has 208 valence electrons. The van der Waals surface area contributed by atoms with Crippen molar-refractivity contribution in [3.05, 3.63) is 64.7 Å². The maximum atomic E-state index is 13.6. The molecule has 2 amide bonds. The molecule has 1 aliphatic rings. The lowest BCUT2D eigenvalue weighted by Crippen LogP contribution is -2.45. The van der Waals surface area contributed by atoms with E-state index in [1.807, 2.05) is 26.8 Å². The van der Waals surface area contributed by atoms with Gasteiger partial charge in [-0.25, -0.2) is 14.2 Å². The van der Waals surface area contributed by atoms with Crippen LogP contribution in [0.25, 0.3) is 11.3 Å². The number of carbonyl (C=O) groups is 2. The zero-order valence-electron chi connectivity index (χ0n) is 22.6. The molecule has 1 saturated heterocycles. The maximum Gasteiger partial charge on any atom is 0.410 e. The summed E-state index contributed by atoms with van der Waals surface area (Å²) in [7, 11) is 1.79. The molecule has 0 aliphatic carbocycles. The highest BCUT2D eigenvalue weighted by atomic mass is 35.5. The maximum absolute atomic E-state index is 13.6. The molecule has 2 aromatic heterocycles. The van der Waals surface area contributed by atoms with Gasteiger partial charge in [0.1, 0.15) is 17.2 Å². The molecule has 0 saturated carbocycles. The summed E-state index contributed by atoms with van der Waals surface area (Å²) in [6.45, 7) is 6.74.